The Hall–Kier alpha value is -1.70. The summed E-state index contributed by atoms with van der Waals surface area (Å²) in [6.07, 6.45) is 1.67. The summed E-state index contributed by atoms with van der Waals surface area (Å²) >= 11 is 3.14. The van der Waals surface area contributed by atoms with Crippen molar-refractivity contribution in [2.75, 3.05) is 5.32 Å². The Morgan fingerprint density at radius 3 is 2.94 bits per heavy atom. The Bertz CT molecular complexity index is 541. The Morgan fingerprint density at radius 1 is 1.65 bits per heavy atom. The molecule has 2 atom stereocenters. The number of hydrogen-bond acceptors (Lipinski definition) is 4. The van der Waals surface area contributed by atoms with Crippen LogP contribution in [0.5, 0.6) is 0 Å². The standard InChI is InChI=1S/C9H8BrN3O4/c10-4-1-6(9(15)11-3-4)12-8(14)5-2-7(5)13(16)17/h1,3,5,7H,2H2,(H,11,15)(H,12,14)/t5-,7+/m1/s1. The largest absolute Gasteiger partial charge is 0.326 e. The summed E-state index contributed by atoms with van der Waals surface area (Å²) in [7, 11) is 0. The molecule has 0 radical (unpaired) electrons. The number of anilines is 1. The van der Waals surface area contributed by atoms with Crippen molar-refractivity contribution in [2.45, 2.75) is 12.5 Å². The van der Waals surface area contributed by atoms with Crippen molar-refractivity contribution < 1.29 is 9.72 Å². The molecular formula is C9H8BrN3O4. The number of hydrogen-bond donors (Lipinski definition) is 2. The van der Waals surface area contributed by atoms with Crippen LogP contribution in [-0.4, -0.2) is 21.9 Å². The maximum atomic E-state index is 11.6. The number of pyridine rings is 1. The zero-order valence-electron chi connectivity index (χ0n) is 8.47. The van der Waals surface area contributed by atoms with E-state index < -0.39 is 28.3 Å². The molecule has 0 spiro atoms. The maximum Gasteiger partial charge on any atom is 0.271 e. The Balaban J connectivity index is 2.07. The van der Waals surface area contributed by atoms with E-state index in [2.05, 4.69) is 26.2 Å². The monoisotopic (exact) mass is 301 g/mol. The van der Waals surface area contributed by atoms with Crippen molar-refractivity contribution >= 4 is 27.5 Å². The minimum atomic E-state index is -0.818. The number of carbonyl (C=O) groups excluding carboxylic acids is 1. The molecule has 1 aromatic heterocycles. The summed E-state index contributed by atoms with van der Waals surface area (Å²) in [5.74, 6) is -1.13. The average Bonchev–Trinajstić information content (AvgIpc) is 3.03. The molecule has 0 bridgehead atoms. The van der Waals surface area contributed by atoms with E-state index in [4.69, 9.17) is 0 Å². The van der Waals surface area contributed by atoms with Gasteiger partial charge >= 0.3 is 0 Å². The van der Waals surface area contributed by atoms with Crippen LogP contribution in [0.1, 0.15) is 6.42 Å². The summed E-state index contributed by atoms with van der Waals surface area (Å²) in [5, 5.41) is 12.8. The van der Waals surface area contributed by atoms with Crippen molar-refractivity contribution in [1.29, 1.82) is 0 Å². The number of rotatable bonds is 3. The second-order valence-corrected chi connectivity index (χ2v) is 4.66. The summed E-state index contributed by atoms with van der Waals surface area (Å²) in [4.78, 5) is 35.2. The van der Waals surface area contributed by atoms with Crippen LogP contribution in [-0.2, 0) is 4.79 Å². The van der Waals surface area contributed by atoms with Crippen molar-refractivity contribution in [3.63, 3.8) is 0 Å². The second kappa shape index (κ2) is 4.28. The van der Waals surface area contributed by atoms with Crippen LogP contribution in [0.25, 0.3) is 0 Å². The average molecular weight is 302 g/mol. The van der Waals surface area contributed by atoms with E-state index in [1.807, 2.05) is 0 Å². The molecular weight excluding hydrogens is 294 g/mol. The lowest BCUT2D eigenvalue weighted by Crippen LogP contribution is -2.23. The van der Waals surface area contributed by atoms with Gasteiger partial charge in [-0.25, -0.2) is 0 Å². The quantitative estimate of drug-likeness (QED) is 0.634. The third-order valence-corrected chi connectivity index (χ3v) is 2.95. The fourth-order valence-corrected chi connectivity index (χ4v) is 1.82. The number of aromatic amines is 1. The number of nitrogens with one attached hydrogen (secondary N) is 2. The number of nitrogens with zero attached hydrogens (tertiary/aromatic N) is 1. The van der Waals surface area contributed by atoms with E-state index >= 15 is 0 Å². The van der Waals surface area contributed by atoms with E-state index in [0.717, 1.165) is 0 Å². The van der Waals surface area contributed by atoms with Crippen LogP contribution < -0.4 is 10.9 Å². The zero-order chi connectivity index (χ0) is 12.6. The van der Waals surface area contributed by atoms with Gasteiger partial charge in [0.2, 0.25) is 11.9 Å². The molecule has 90 valence electrons. The first-order chi connectivity index (χ1) is 7.99. The molecule has 1 fully saturated rings. The van der Waals surface area contributed by atoms with Gasteiger partial charge in [0.1, 0.15) is 11.6 Å². The topological polar surface area (TPSA) is 105 Å². The molecule has 7 nitrogen and oxygen atoms in total. The third-order valence-electron chi connectivity index (χ3n) is 2.49. The zero-order valence-corrected chi connectivity index (χ0v) is 10.1. The van der Waals surface area contributed by atoms with E-state index in [-0.39, 0.29) is 12.1 Å². The van der Waals surface area contributed by atoms with Gasteiger partial charge in [0, 0.05) is 22.0 Å². The van der Waals surface area contributed by atoms with Crippen molar-refractivity contribution in [3.05, 3.63) is 37.2 Å². The van der Waals surface area contributed by atoms with E-state index in [1.165, 1.54) is 12.3 Å². The van der Waals surface area contributed by atoms with Gasteiger partial charge in [-0.05, 0) is 22.0 Å². The summed E-state index contributed by atoms with van der Waals surface area (Å²) in [6.45, 7) is 0. The van der Waals surface area contributed by atoms with Crippen LogP contribution in [0.3, 0.4) is 0 Å². The van der Waals surface area contributed by atoms with Gasteiger partial charge in [0.05, 0.1) is 0 Å². The fraction of sp³-hybridized carbons (Fsp3) is 0.333. The highest BCUT2D eigenvalue weighted by atomic mass is 79.9. The van der Waals surface area contributed by atoms with Crippen LogP contribution in [0.4, 0.5) is 5.69 Å². The SMILES string of the molecule is O=C(Nc1cc(Br)c[nH]c1=O)[C@@H]1C[C@@H]1[N+](=O)[O-]. The van der Waals surface area contributed by atoms with Gasteiger partial charge in [0.15, 0.2) is 0 Å². The van der Waals surface area contributed by atoms with Gasteiger partial charge in [-0.15, -0.1) is 0 Å². The van der Waals surface area contributed by atoms with Gasteiger partial charge in [-0.1, -0.05) is 0 Å². The molecule has 2 rings (SSSR count). The highest BCUT2D eigenvalue weighted by Crippen LogP contribution is 2.33. The first-order valence-corrected chi connectivity index (χ1v) is 5.61. The summed E-state index contributed by atoms with van der Waals surface area (Å²) < 4.78 is 0.606. The van der Waals surface area contributed by atoms with Crippen LogP contribution in [0.15, 0.2) is 21.5 Å². The first kappa shape index (κ1) is 11.8. The molecule has 1 amide bonds. The number of carbonyl (C=O) groups is 1. The van der Waals surface area contributed by atoms with E-state index in [0.29, 0.717) is 4.47 Å². The van der Waals surface area contributed by atoms with Gasteiger partial charge in [0.25, 0.3) is 5.56 Å². The lowest BCUT2D eigenvalue weighted by molar-refractivity contribution is -0.497. The normalized spacial score (nSPS) is 21.9. The predicted molar refractivity (Wildman–Crippen MR) is 62.3 cm³/mol. The van der Waals surface area contributed by atoms with Gasteiger partial charge in [-0.2, -0.15) is 0 Å². The molecule has 1 heterocycles. The molecule has 0 unspecified atom stereocenters. The molecule has 17 heavy (non-hydrogen) atoms. The molecule has 0 aromatic carbocycles. The molecule has 1 saturated carbocycles. The van der Waals surface area contributed by atoms with E-state index in [9.17, 15) is 19.7 Å². The van der Waals surface area contributed by atoms with Crippen LogP contribution in [0, 0.1) is 16.0 Å². The highest BCUT2D eigenvalue weighted by molar-refractivity contribution is 9.10. The first-order valence-electron chi connectivity index (χ1n) is 4.81. The van der Waals surface area contributed by atoms with E-state index in [1.54, 1.807) is 0 Å². The minimum Gasteiger partial charge on any atom is -0.326 e. The number of nitro groups is 1. The van der Waals surface area contributed by atoms with Gasteiger partial charge in [-0.3, -0.25) is 19.7 Å². The predicted octanol–water partition coefficient (Wildman–Crippen LogP) is 0.741. The van der Waals surface area contributed by atoms with Gasteiger partial charge < -0.3 is 10.3 Å². The Morgan fingerprint density at radius 2 is 2.35 bits per heavy atom. The molecule has 0 saturated heterocycles. The van der Waals surface area contributed by atoms with Crippen molar-refractivity contribution in [3.8, 4) is 0 Å². The summed E-state index contributed by atoms with van der Waals surface area (Å²) in [5.41, 5.74) is -0.363. The van der Waals surface area contributed by atoms with Crippen molar-refractivity contribution in [1.82, 2.24) is 4.98 Å². The van der Waals surface area contributed by atoms with Crippen LogP contribution >= 0.6 is 15.9 Å². The number of halogens is 1. The Kier molecular flexibility index (Phi) is 2.97. The molecule has 1 aliphatic carbocycles. The Labute approximate surface area is 103 Å². The summed E-state index contributed by atoms with van der Waals surface area (Å²) in [6, 6.07) is 0.626. The molecule has 0 aliphatic heterocycles. The number of H-pyrrole nitrogens is 1. The highest BCUT2D eigenvalue weighted by Gasteiger charge is 2.53. The number of amides is 1. The fourth-order valence-electron chi connectivity index (χ4n) is 1.47. The lowest BCUT2D eigenvalue weighted by Gasteiger charge is -2.02. The minimum absolute atomic E-state index is 0.0818. The second-order valence-electron chi connectivity index (χ2n) is 3.74. The maximum absolute atomic E-state index is 11.6. The molecule has 8 heteroatoms. The van der Waals surface area contributed by atoms with Crippen LogP contribution in [0.2, 0.25) is 0 Å². The molecule has 2 N–H and O–H groups in total. The third kappa shape index (κ3) is 2.52. The lowest BCUT2D eigenvalue weighted by atomic mass is 10.3. The smallest absolute Gasteiger partial charge is 0.271 e. The molecule has 1 aromatic rings. The van der Waals surface area contributed by atoms with Crippen molar-refractivity contribution in [2.24, 2.45) is 5.92 Å². The number of aromatic nitrogens is 1. The molecule has 1 aliphatic rings.